The molecule has 26 heavy (non-hydrogen) atoms. The first-order chi connectivity index (χ1) is 12.7. The summed E-state index contributed by atoms with van der Waals surface area (Å²) in [5.74, 6) is 0.856. The van der Waals surface area contributed by atoms with Crippen LogP contribution in [0.1, 0.15) is 37.7 Å². The molecule has 0 saturated heterocycles. The van der Waals surface area contributed by atoms with Crippen molar-refractivity contribution in [1.29, 1.82) is 0 Å². The number of carbonyl (C=O) groups is 1. The van der Waals surface area contributed by atoms with Crippen molar-refractivity contribution >= 4 is 11.6 Å². The summed E-state index contributed by atoms with van der Waals surface area (Å²) < 4.78 is 25.0. The molecule has 5 heteroatoms. The van der Waals surface area contributed by atoms with E-state index in [-0.39, 0.29) is 24.2 Å². The molecule has 0 spiro atoms. The summed E-state index contributed by atoms with van der Waals surface area (Å²) in [5.41, 5.74) is 1.19. The van der Waals surface area contributed by atoms with Gasteiger partial charge in [0.25, 0.3) is 0 Å². The van der Waals surface area contributed by atoms with E-state index in [0.29, 0.717) is 29.2 Å². The zero-order valence-corrected chi connectivity index (χ0v) is 15.0. The molecule has 0 radical (unpaired) electrons. The van der Waals surface area contributed by atoms with Gasteiger partial charge in [0.1, 0.15) is 5.82 Å². The summed E-state index contributed by atoms with van der Waals surface area (Å²) >= 11 is 0. The lowest BCUT2D eigenvalue weighted by molar-refractivity contribution is -0.116. The standard InChI is InChI=1S/C21H24FNO3/c1-25-19-12-11-16(14-20(19)26-17-7-3-4-8-17)23-21(24)13-10-15-6-2-5-9-18(15)22/h2,5-6,9,11-12,14,17H,3-4,7-8,10,13H2,1H3,(H,23,24). The molecule has 0 heterocycles. The zero-order chi connectivity index (χ0) is 18.4. The molecule has 0 aromatic heterocycles. The number of benzene rings is 2. The smallest absolute Gasteiger partial charge is 0.224 e. The average molecular weight is 357 g/mol. The molecule has 0 aliphatic heterocycles. The highest BCUT2D eigenvalue weighted by atomic mass is 19.1. The van der Waals surface area contributed by atoms with Gasteiger partial charge < -0.3 is 14.8 Å². The number of ether oxygens (including phenoxy) is 2. The molecule has 0 bridgehead atoms. The number of methoxy groups -OCH3 is 1. The van der Waals surface area contributed by atoms with E-state index in [0.717, 1.165) is 12.8 Å². The first-order valence-corrected chi connectivity index (χ1v) is 9.03. The lowest BCUT2D eigenvalue weighted by atomic mass is 10.1. The average Bonchev–Trinajstić information content (AvgIpc) is 3.14. The molecule has 138 valence electrons. The number of amides is 1. The third-order valence-electron chi connectivity index (χ3n) is 4.62. The summed E-state index contributed by atoms with van der Waals surface area (Å²) in [4.78, 5) is 12.2. The monoisotopic (exact) mass is 357 g/mol. The maximum atomic E-state index is 13.6. The van der Waals surface area contributed by atoms with Gasteiger partial charge in [-0.25, -0.2) is 4.39 Å². The summed E-state index contributed by atoms with van der Waals surface area (Å²) in [6, 6.07) is 11.9. The molecule has 1 saturated carbocycles. The number of nitrogens with one attached hydrogen (secondary N) is 1. The van der Waals surface area contributed by atoms with Crippen molar-refractivity contribution in [3.8, 4) is 11.5 Å². The second kappa shape index (κ2) is 8.70. The molecule has 0 unspecified atom stereocenters. The number of aryl methyl sites for hydroxylation is 1. The van der Waals surface area contributed by atoms with Crippen molar-refractivity contribution in [3.63, 3.8) is 0 Å². The lowest BCUT2D eigenvalue weighted by Crippen LogP contribution is -2.14. The topological polar surface area (TPSA) is 47.6 Å². The third-order valence-corrected chi connectivity index (χ3v) is 4.62. The van der Waals surface area contributed by atoms with Gasteiger partial charge in [0.15, 0.2) is 11.5 Å². The van der Waals surface area contributed by atoms with Crippen LogP contribution in [0.4, 0.5) is 10.1 Å². The number of hydrogen-bond acceptors (Lipinski definition) is 3. The van der Waals surface area contributed by atoms with E-state index in [2.05, 4.69) is 5.32 Å². The highest BCUT2D eigenvalue weighted by molar-refractivity contribution is 5.91. The Morgan fingerprint density at radius 1 is 1.15 bits per heavy atom. The first kappa shape index (κ1) is 18.2. The second-order valence-corrected chi connectivity index (χ2v) is 6.53. The number of halogens is 1. The van der Waals surface area contributed by atoms with Crippen LogP contribution in [0.15, 0.2) is 42.5 Å². The summed E-state index contributed by atoms with van der Waals surface area (Å²) in [6.45, 7) is 0. The zero-order valence-electron chi connectivity index (χ0n) is 15.0. The van der Waals surface area contributed by atoms with E-state index in [1.54, 1.807) is 43.5 Å². The van der Waals surface area contributed by atoms with Crippen molar-refractivity contribution < 1.29 is 18.7 Å². The number of carbonyl (C=O) groups excluding carboxylic acids is 1. The normalized spacial score (nSPS) is 14.2. The lowest BCUT2D eigenvalue weighted by Gasteiger charge is -2.17. The molecule has 1 N–H and O–H groups in total. The van der Waals surface area contributed by atoms with Crippen LogP contribution in [0.5, 0.6) is 11.5 Å². The van der Waals surface area contributed by atoms with E-state index >= 15 is 0 Å². The van der Waals surface area contributed by atoms with Gasteiger partial charge in [-0.2, -0.15) is 0 Å². The van der Waals surface area contributed by atoms with Crippen molar-refractivity contribution in [2.24, 2.45) is 0 Å². The quantitative estimate of drug-likeness (QED) is 0.779. The van der Waals surface area contributed by atoms with Crippen LogP contribution in [0.3, 0.4) is 0 Å². The highest BCUT2D eigenvalue weighted by Crippen LogP contribution is 2.34. The van der Waals surface area contributed by atoms with Gasteiger partial charge in [-0.05, 0) is 55.9 Å². The highest BCUT2D eigenvalue weighted by Gasteiger charge is 2.19. The van der Waals surface area contributed by atoms with Gasteiger partial charge in [-0.15, -0.1) is 0 Å². The Labute approximate surface area is 153 Å². The third kappa shape index (κ3) is 4.75. The fourth-order valence-electron chi connectivity index (χ4n) is 3.21. The van der Waals surface area contributed by atoms with Crippen LogP contribution in [0.25, 0.3) is 0 Å². The molecular weight excluding hydrogens is 333 g/mol. The van der Waals surface area contributed by atoms with Crippen LogP contribution in [-0.4, -0.2) is 19.1 Å². The van der Waals surface area contributed by atoms with Crippen molar-refractivity contribution in [2.45, 2.75) is 44.6 Å². The fourth-order valence-corrected chi connectivity index (χ4v) is 3.21. The maximum absolute atomic E-state index is 13.6. The summed E-state index contributed by atoms with van der Waals surface area (Å²) in [6.07, 6.45) is 5.23. The first-order valence-electron chi connectivity index (χ1n) is 9.03. The van der Waals surface area contributed by atoms with Gasteiger partial charge >= 0.3 is 0 Å². The molecule has 3 rings (SSSR count). The van der Waals surface area contributed by atoms with E-state index in [1.165, 1.54) is 18.9 Å². The molecule has 4 nitrogen and oxygen atoms in total. The number of anilines is 1. The molecule has 0 atom stereocenters. The molecule has 2 aromatic carbocycles. The Bertz CT molecular complexity index is 757. The Morgan fingerprint density at radius 2 is 1.92 bits per heavy atom. The summed E-state index contributed by atoms with van der Waals surface area (Å²) in [5, 5.41) is 2.85. The molecular formula is C21H24FNO3. The Balaban J connectivity index is 1.61. The molecule has 1 amide bonds. The Morgan fingerprint density at radius 3 is 2.65 bits per heavy atom. The van der Waals surface area contributed by atoms with Gasteiger partial charge in [0.05, 0.1) is 13.2 Å². The predicted molar refractivity (Wildman–Crippen MR) is 99.2 cm³/mol. The maximum Gasteiger partial charge on any atom is 0.224 e. The van der Waals surface area contributed by atoms with E-state index in [9.17, 15) is 9.18 Å². The summed E-state index contributed by atoms with van der Waals surface area (Å²) in [7, 11) is 1.60. The van der Waals surface area contributed by atoms with Crippen LogP contribution in [-0.2, 0) is 11.2 Å². The minimum absolute atomic E-state index is 0.162. The van der Waals surface area contributed by atoms with Crippen LogP contribution < -0.4 is 14.8 Å². The number of rotatable bonds is 7. The van der Waals surface area contributed by atoms with Gasteiger partial charge in [-0.3, -0.25) is 4.79 Å². The SMILES string of the molecule is COc1ccc(NC(=O)CCc2ccccc2F)cc1OC1CCCC1. The van der Waals surface area contributed by atoms with Crippen LogP contribution >= 0.6 is 0 Å². The Hall–Kier alpha value is -2.56. The van der Waals surface area contributed by atoms with Gasteiger partial charge in [0, 0.05) is 18.2 Å². The van der Waals surface area contributed by atoms with E-state index in [1.807, 2.05) is 0 Å². The van der Waals surface area contributed by atoms with Crippen molar-refractivity contribution in [2.75, 3.05) is 12.4 Å². The second-order valence-electron chi connectivity index (χ2n) is 6.53. The van der Waals surface area contributed by atoms with Crippen LogP contribution in [0, 0.1) is 5.82 Å². The van der Waals surface area contributed by atoms with E-state index < -0.39 is 0 Å². The number of hydrogen-bond donors (Lipinski definition) is 1. The molecule has 2 aromatic rings. The molecule has 1 fully saturated rings. The van der Waals surface area contributed by atoms with Crippen molar-refractivity contribution in [1.82, 2.24) is 0 Å². The molecule has 1 aliphatic carbocycles. The van der Waals surface area contributed by atoms with Crippen molar-refractivity contribution in [3.05, 3.63) is 53.8 Å². The predicted octanol–water partition coefficient (Wildman–Crippen LogP) is 4.73. The van der Waals surface area contributed by atoms with Gasteiger partial charge in [0.2, 0.25) is 5.91 Å². The van der Waals surface area contributed by atoms with E-state index in [4.69, 9.17) is 9.47 Å². The largest absolute Gasteiger partial charge is 0.493 e. The minimum atomic E-state index is -0.281. The minimum Gasteiger partial charge on any atom is -0.493 e. The van der Waals surface area contributed by atoms with Gasteiger partial charge in [-0.1, -0.05) is 18.2 Å². The Kier molecular flexibility index (Phi) is 6.10. The molecule has 1 aliphatic rings. The fraction of sp³-hybridized carbons (Fsp3) is 0.381. The van der Waals surface area contributed by atoms with Crippen LogP contribution in [0.2, 0.25) is 0 Å².